The van der Waals surface area contributed by atoms with Crippen molar-refractivity contribution in [2.45, 2.75) is 44.0 Å². The summed E-state index contributed by atoms with van der Waals surface area (Å²) in [5.41, 5.74) is 9.21. The van der Waals surface area contributed by atoms with E-state index in [2.05, 4.69) is 10.7 Å². The first kappa shape index (κ1) is 36.3. The van der Waals surface area contributed by atoms with Gasteiger partial charge in [0.15, 0.2) is 11.5 Å². The fourth-order valence-electron chi connectivity index (χ4n) is 3.40. The SMILES string of the molecule is CCOc1cc(C(Nc2ccc(C(=N)N)cc2)C(=O)NNS(=O)(=O)c2ccc(F)cc2)ccc1OC(C)C.O=C(O)C(F)(F)F. The van der Waals surface area contributed by atoms with Gasteiger partial charge in [0.2, 0.25) is 0 Å². The van der Waals surface area contributed by atoms with Gasteiger partial charge in [-0.15, -0.1) is 4.83 Å². The number of amides is 1. The van der Waals surface area contributed by atoms with Gasteiger partial charge in [0, 0.05) is 11.3 Å². The van der Waals surface area contributed by atoms with Crippen molar-refractivity contribution in [3.63, 3.8) is 0 Å². The molecule has 17 heteroatoms. The van der Waals surface area contributed by atoms with Gasteiger partial charge >= 0.3 is 12.1 Å². The second-order valence-corrected chi connectivity index (χ2v) is 10.9. The lowest BCUT2D eigenvalue weighted by atomic mass is 10.0. The van der Waals surface area contributed by atoms with Gasteiger partial charge in [0.25, 0.3) is 15.9 Å². The molecule has 0 aromatic heterocycles. The summed E-state index contributed by atoms with van der Waals surface area (Å²) >= 11 is 0. The Morgan fingerprint density at radius 1 is 1.00 bits per heavy atom. The minimum Gasteiger partial charge on any atom is -0.490 e. The molecule has 0 heterocycles. The smallest absolute Gasteiger partial charge is 0.490 e. The highest BCUT2D eigenvalue weighted by Gasteiger charge is 2.38. The van der Waals surface area contributed by atoms with Crippen molar-refractivity contribution in [3.8, 4) is 11.5 Å². The molecule has 0 aliphatic heterocycles. The molecule has 244 valence electrons. The molecule has 1 unspecified atom stereocenters. The fraction of sp³-hybridized carbons (Fsp3) is 0.250. The number of rotatable bonds is 12. The molecule has 0 radical (unpaired) electrons. The number of nitrogens with one attached hydrogen (secondary N) is 4. The van der Waals surface area contributed by atoms with Crippen molar-refractivity contribution in [1.82, 2.24) is 10.3 Å². The number of benzene rings is 3. The summed E-state index contributed by atoms with van der Waals surface area (Å²) in [5, 5.41) is 17.8. The third-order valence-corrected chi connectivity index (χ3v) is 6.67. The van der Waals surface area contributed by atoms with E-state index in [-0.39, 0.29) is 16.8 Å². The van der Waals surface area contributed by atoms with E-state index in [9.17, 15) is 30.8 Å². The zero-order valence-electron chi connectivity index (χ0n) is 24.1. The summed E-state index contributed by atoms with van der Waals surface area (Å²) in [5.74, 6) is -3.28. The van der Waals surface area contributed by atoms with Gasteiger partial charge in [0.05, 0.1) is 17.6 Å². The summed E-state index contributed by atoms with van der Waals surface area (Å²) in [6.45, 7) is 5.92. The molecule has 3 aromatic carbocycles. The molecule has 0 fully saturated rings. The van der Waals surface area contributed by atoms with Crippen molar-refractivity contribution in [1.29, 1.82) is 5.41 Å². The monoisotopic (exact) mass is 657 g/mol. The first-order valence-corrected chi connectivity index (χ1v) is 14.4. The zero-order valence-corrected chi connectivity index (χ0v) is 24.9. The lowest BCUT2D eigenvalue weighted by Gasteiger charge is -2.22. The van der Waals surface area contributed by atoms with Gasteiger partial charge in [-0.2, -0.15) is 13.2 Å². The van der Waals surface area contributed by atoms with Crippen molar-refractivity contribution >= 4 is 33.4 Å². The number of carboxylic acids is 1. The highest BCUT2D eigenvalue weighted by Crippen LogP contribution is 2.33. The maximum absolute atomic E-state index is 13.3. The molecule has 0 spiro atoms. The molecule has 0 aliphatic carbocycles. The number of hydrogen-bond acceptors (Lipinski definition) is 8. The van der Waals surface area contributed by atoms with E-state index >= 15 is 0 Å². The van der Waals surface area contributed by atoms with Crippen LogP contribution in [0.15, 0.2) is 71.6 Å². The topological polar surface area (TPSA) is 193 Å². The Balaban J connectivity index is 0.000000900. The standard InChI is InChI=1S/C26H30FN5O5S.C2HF3O2/c1-4-36-23-15-18(7-14-22(23)37-16(2)3)24(30-20-10-5-17(6-11-20)25(28)29)26(33)31-32-38(34,35)21-12-8-19(27)9-13-21;3-2(4,5)1(6)7/h5-16,24,30,32H,4H2,1-3H3,(H3,28,29)(H,31,33);(H,6,7). The third-order valence-electron chi connectivity index (χ3n) is 5.41. The Morgan fingerprint density at radius 3 is 2.07 bits per heavy atom. The lowest BCUT2D eigenvalue weighted by molar-refractivity contribution is -0.192. The van der Waals surface area contributed by atoms with E-state index in [1.165, 1.54) is 0 Å². The maximum Gasteiger partial charge on any atom is 0.490 e. The molecule has 0 bridgehead atoms. The number of carbonyl (C=O) groups is 2. The van der Waals surface area contributed by atoms with Crippen molar-refractivity contribution < 1.29 is 50.1 Å². The zero-order chi connectivity index (χ0) is 33.9. The van der Waals surface area contributed by atoms with E-state index in [0.717, 1.165) is 24.3 Å². The number of hydrogen-bond donors (Lipinski definition) is 6. The van der Waals surface area contributed by atoms with Crippen LogP contribution in [0.25, 0.3) is 0 Å². The number of amidine groups is 1. The molecule has 3 aromatic rings. The Labute approximate surface area is 256 Å². The Kier molecular flexibility index (Phi) is 12.7. The lowest BCUT2D eigenvalue weighted by Crippen LogP contribution is -2.45. The molecule has 0 aliphatic rings. The van der Waals surface area contributed by atoms with Gasteiger partial charge in [0.1, 0.15) is 17.7 Å². The van der Waals surface area contributed by atoms with Gasteiger partial charge < -0.3 is 25.6 Å². The van der Waals surface area contributed by atoms with Crippen LogP contribution in [-0.4, -0.2) is 50.1 Å². The third kappa shape index (κ3) is 11.3. The molecule has 12 nitrogen and oxygen atoms in total. The molecular weight excluding hydrogens is 626 g/mol. The molecule has 45 heavy (non-hydrogen) atoms. The maximum atomic E-state index is 13.3. The number of anilines is 1. The minimum atomic E-state index is -5.08. The van der Waals surface area contributed by atoms with Crippen LogP contribution >= 0.6 is 0 Å². The summed E-state index contributed by atoms with van der Waals surface area (Å²) in [4.78, 5) is 24.0. The van der Waals surface area contributed by atoms with Gasteiger partial charge in [-0.25, -0.2) is 17.6 Å². The quantitative estimate of drug-likeness (QED) is 0.0720. The van der Waals surface area contributed by atoms with Crippen molar-refractivity contribution in [2.75, 3.05) is 11.9 Å². The number of halogens is 4. The van der Waals surface area contributed by atoms with Crippen molar-refractivity contribution in [2.24, 2.45) is 5.73 Å². The van der Waals surface area contributed by atoms with E-state index < -0.39 is 39.9 Å². The van der Waals surface area contributed by atoms with Crippen LogP contribution in [0.2, 0.25) is 0 Å². The van der Waals surface area contributed by atoms with Crippen LogP contribution in [0.4, 0.5) is 23.2 Å². The highest BCUT2D eigenvalue weighted by atomic mass is 32.2. The molecule has 0 saturated heterocycles. The molecule has 3 rings (SSSR count). The van der Waals surface area contributed by atoms with E-state index in [1.54, 1.807) is 42.5 Å². The highest BCUT2D eigenvalue weighted by molar-refractivity contribution is 7.89. The number of carboxylic acid groups (broad SMARTS) is 1. The number of carbonyl (C=O) groups excluding carboxylic acids is 1. The largest absolute Gasteiger partial charge is 0.490 e. The number of ether oxygens (including phenoxy) is 2. The predicted molar refractivity (Wildman–Crippen MR) is 156 cm³/mol. The normalized spacial score (nSPS) is 11.9. The molecule has 1 amide bonds. The van der Waals surface area contributed by atoms with Crippen molar-refractivity contribution in [3.05, 3.63) is 83.7 Å². The van der Waals surface area contributed by atoms with Gasteiger partial charge in [-0.3, -0.25) is 15.6 Å². The Bertz CT molecular complexity index is 1580. The Hall–Kier alpha value is -4.90. The first-order valence-electron chi connectivity index (χ1n) is 13.0. The average molecular weight is 658 g/mol. The van der Waals surface area contributed by atoms with Crippen LogP contribution in [-0.2, 0) is 19.6 Å². The van der Waals surface area contributed by atoms with Crippen LogP contribution in [0.3, 0.4) is 0 Å². The number of nitrogens with two attached hydrogens (primary N) is 1. The van der Waals surface area contributed by atoms with Gasteiger partial charge in [-0.05, 0) is 87.0 Å². The van der Waals surface area contributed by atoms with E-state index in [0.29, 0.717) is 34.9 Å². The number of alkyl halides is 3. The minimum absolute atomic E-state index is 0.108. The van der Waals surface area contributed by atoms with Crippen LogP contribution < -0.4 is 30.8 Å². The molecule has 7 N–H and O–H groups in total. The van der Waals surface area contributed by atoms with E-state index in [4.69, 9.17) is 30.5 Å². The summed E-state index contributed by atoms with van der Waals surface area (Å²) in [7, 11) is -4.17. The number of sulfonamides is 1. The Morgan fingerprint density at radius 2 is 1.58 bits per heavy atom. The fourth-order valence-corrected chi connectivity index (χ4v) is 4.25. The van der Waals surface area contributed by atoms with E-state index in [1.807, 2.05) is 25.6 Å². The first-order chi connectivity index (χ1) is 20.9. The molecular formula is C28H31F4N5O7S. The second kappa shape index (κ2) is 15.7. The average Bonchev–Trinajstić information content (AvgIpc) is 2.96. The second-order valence-electron chi connectivity index (χ2n) is 9.23. The van der Waals surface area contributed by atoms with Crippen LogP contribution in [0.5, 0.6) is 11.5 Å². The number of hydrazine groups is 1. The van der Waals surface area contributed by atoms with Gasteiger partial charge in [-0.1, -0.05) is 6.07 Å². The summed E-state index contributed by atoms with van der Waals surface area (Å²) in [6.07, 6.45) is -5.20. The predicted octanol–water partition coefficient (Wildman–Crippen LogP) is 4.09. The molecule has 0 saturated carbocycles. The summed E-state index contributed by atoms with van der Waals surface area (Å²) < 4.78 is 81.7. The molecule has 1 atom stereocenters. The van der Waals surface area contributed by atoms with Crippen LogP contribution in [0.1, 0.15) is 37.9 Å². The number of aliphatic carboxylic acids is 1. The number of nitrogen functional groups attached to an aromatic ring is 1. The summed E-state index contributed by atoms with van der Waals surface area (Å²) in [6, 6.07) is 14.6. The van der Waals surface area contributed by atoms with Crippen LogP contribution in [0, 0.1) is 11.2 Å².